The summed E-state index contributed by atoms with van der Waals surface area (Å²) in [4.78, 5) is 23.8. The van der Waals surface area contributed by atoms with Crippen molar-refractivity contribution in [3.8, 4) is 12.1 Å². The van der Waals surface area contributed by atoms with Crippen LogP contribution in [-0.4, -0.2) is 11.6 Å². The van der Waals surface area contributed by atoms with Crippen LogP contribution in [0, 0.1) is 51.7 Å². The second-order valence-corrected chi connectivity index (χ2v) is 4.76. The molecule has 82 valence electrons. The predicted molar refractivity (Wildman–Crippen MR) is 53.6 cm³/mol. The van der Waals surface area contributed by atoms with Crippen LogP contribution >= 0.6 is 0 Å². The third kappa shape index (κ3) is 0.925. The standard InChI is InChI=1S/C12H12N2O2/c1-6-10(15)7(2)12(5-14)8(4-13)3-9(12)11(6)16/h6-9H,3H2,1-2H3/t6?,7?,8-,9+,12+/m0/s1. The van der Waals surface area contributed by atoms with Crippen molar-refractivity contribution >= 4 is 11.6 Å². The molecule has 16 heavy (non-hydrogen) atoms. The number of ketones is 2. The summed E-state index contributed by atoms with van der Waals surface area (Å²) in [5, 5.41) is 18.2. The Hall–Kier alpha value is -1.68. The average Bonchev–Trinajstić information content (AvgIpc) is 2.25. The van der Waals surface area contributed by atoms with Gasteiger partial charge in [0, 0.05) is 11.8 Å². The van der Waals surface area contributed by atoms with Crippen molar-refractivity contribution in [2.24, 2.45) is 29.1 Å². The summed E-state index contributed by atoms with van der Waals surface area (Å²) < 4.78 is 0. The summed E-state index contributed by atoms with van der Waals surface area (Å²) >= 11 is 0. The molecule has 2 aliphatic carbocycles. The SMILES string of the molecule is CC1C(=O)C(C)[C@]2(C#N)[C@H](C#N)C[C@@H]2C1=O. The van der Waals surface area contributed by atoms with E-state index in [0.717, 1.165) is 0 Å². The van der Waals surface area contributed by atoms with Gasteiger partial charge in [0.05, 0.1) is 29.4 Å². The molecule has 0 N–H and O–H groups in total. The lowest BCUT2D eigenvalue weighted by Gasteiger charge is -2.54. The molecule has 0 saturated heterocycles. The number of nitrogens with zero attached hydrogens (tertiary/aromatic N) is 2. The van der Waals surface area contributed by atoms with Gasteiger partial charge in [-0.15, -0.1) is 0 Å². The molecule has 4 nitrogen and oxygen atoms in total. The lowest BCUT2D eigenvalue weighted by Crippen LogP contribution is -2.62. The van der Waals surface area contributed by atoms with Crippen molar-refractivity contribution in [1.82, 2.24) is 0 Å². The monoisotopic (exact) mass is 216 g/mol. The summed E-state index contributed by atoms with van der Waals surface area (Å²) in [6.07, 6.45) is 0.435. The highest BCUT2D eigenvalue weighted by Gasteiger charge is 2.67. The minimum Gasteiger partial charge on any atom is -0.299 e. The molecule has 2 rings (SSSR count). The van der Waals surface area contributed by atoms with E-state index in [1.54, 1.807) is 13.8 Å². The Morgan fingerprint density at radius 2 is 1.88 bits per heavy atom. The van der Waals surface area contributed by atoms with Crippen molar-refractivity contribution in [1.29, 1.82) is 10.5 Å². The van der Waals surface area contributed by atoms with Crippen molar-refractivity contribution in [2.45, 2.75) is 20.3 Å². The van der Waals surface area contributed by atoms with Crippen LogP contribution in [0.1, 0.15) is 20.3 Å². The zero-order valence-electron chi connectivity index (χ0n) is 9.23. The molecular formula is C12H12N2O2. The maximum atomic E-state index is 11.9. The van der Waals surface area contributed by atoms with Crippen LogP contribution in [0.4, 0.5) is 0 Å². The summed E-state index contributed by atoms with van der Waals surface area (Å²) in [5.41, 5.74) is -1.05. The van der Waals surface area contributed by atoms with Gasteiger partial charge >= 0.3 is 0 Å². The van der Waals surface area contributed by atoms with Gasteiger partial charge < -0.3 is 0 Å². The molecule has 0 heterocycles. The summed E-state index contributed by atoms with van der Waals surface area (Å²) in [6, 6.07) is 4.14. The van der Waals surface area contributed by atoms with Gasteiger partial charge in [-0.05, 0) is 13.3 Å². The van der Waals surface area contributed by atoms with Gasteiger partial charge in [-0.25, -0.2) is 0 Å². The lowest BCUT2D eigenvalue weighted by atomic mass is 9.43. The predicted octanol–water partition coefficient (Wildman–Crippen LogP) is 1.08. The molecule has 0 aromatic heterocycles. The average molecular weight is 216 g/mol. The Labute approximate surface area is 93.9 Å². The van der Waals surface area contributed by atoms with E-state index in [9.17, 15) is 14.9 Å². The summed E-state index contributed by atoms with van der Waals surface area (Å²) in [5.74, 6) is -2.35. The van der Waals surface area contributed by atoms with E-state index in [4.69, 9.17) is 5.26 Å². The molecule has 0 spiro atoms. The van der Waals surface area contributed by atoms with Crippen molar-refractivity contribution in [2.75, 3.05) is 0 Å². The van der Waals surface area contributed by atoms with Crippen molar-refractivity contribution < 1.29 is 9.59 Å². The summed E-state index contributed by atoms with van der Waals surface area (Å²) in [6.45, 7) is 3.27. The van der Waals surface area contributed by atoms with Gasteiger partial charge in [-0.3, -0.25) is 9.59 Å². The van der Waals surface area contributed by atoms with Gasteiger partial charge in [0.1, 0.15) is 11.6 Å². The van der Waals surface area contributed by atoms with Crippen LogP contribution in [0.25, 0.3) is 0 Å². The fraction of sp³-hybridized carbons (Fsp3) is 0.667. The van der Waals surface area contributed by atoms with Crippen LogP contribution in [0.15, 0.2) is 0 Å². The molecule has 2 aliphatic rings. The molecule has 4 heteroatoms. The molecule has 0 amide bonds. The number of Topliss-reactive ketones (excluding diaryl/α,β-unsaturated/α-hetero) is 2. The van der Waals surface area contributed by atoms with Gasteiger partial charge in [0.15, 0.2) is 0 Å². The van der Waals surface area contributed by atoms with E-state index in [1.807, 2.05) is 0 Å². The first-order valence-electron chi connectivity index (χ1n) is 5.39. The maximum Gasteiger partial charge on any atom is 0.147 e. The number of carbonyl (C=O) groups is 2. The molecule has 0 aliphatic heterocycles. The van der Waals surface area contributed by atoms with E-state index in [-0.39, 0.29) is 11.6 Å². The molecule has 2 unspecified atom stereocenters. The number of carbonyl (C=O) groups excluding carboxylic acids is 2. The third-order valence-corrected chi connectivity index (χ3v) is 4.31. The van der Waals surface area contributed by atoms with E-state index in [1.165, 1.54) is 0 Å². The first-order valence-corrected chi connectivity index (χ1v) is 5.39. The normalized spacial score (nSPS) is 46.2. The smallest absolute Gasteiger partial charge is 0.147 e. The number of fused-ring (bicyclic) bond motifs is 1. The van der Waals surface area contributed by atoms with E-state index >= 15 is 0 Å². The topological polar surface area (TPSA) is 81.7 Å². The van der Waals surface area contributed by atoms with Gasteiger partial charge in [0.25, 0.3) is 0 Å². The largest absolute Gasteiger partial charge is 0.299 e. The number of hydrogen-bond donors (Lipinski definition) is 0. The van der Waals surface area contributed by atoms with E-state index in [0.29, 0.717) is 6.42 Å². The number of rotatable bonds is 0. The quantitative estimate of drug-likeness (QED) is 0.567. The Morgan fingerprint density at radius 3 is 2.38 bits per heavy atom. The van der Waals surface area contributed by atoms with Crippen LogP contribution in [0.3, 0.4) is 0 Å². The number of hydrogen-bond acceptors (Lipinski definition) is 4. The van der Waals surface area contributed by atoms with Crippen LogP contribution in [-0.2, 0) is 9.59 Å². The highest BCUT2D eigenvalue weighted by molar-refractivity contribution is 6.08. The second kappa shape index (κ2) is 3.15. The highest BCUT2D eigenvalue weighted by atomic mass is 16.2. The first-order chi connectivity index (χ1) is 7.50. The van der Waals surface area contributed by atoms with Gasteiger partial charge in [0.2, 0.25) is 0 Å². The Morgan fingerprint density at radius 1 is 1.25 bits per heavy atom. The van der Waals surface area contributed by atoms with Crippen molar-refractivity contribution in [3.63, 3.8) is 0 Å². The van der Waals surface area contributed by atoms with Crippen LogP contribution in [0.2, 0.25) is 0 Å². The fourth-order valence-electron chi connectivity index (χ4n) is 3.13. The highest BCUT2D eigenvalue weighted by Crippen LogP contribution is 2.59. The van der Waals surface area contributed by atoms with Gasteiger partial charge in [-0.2, -0.15) is 10.5 Å². The molecule has 2 fully saturated rings. The minimum absolute atomic E-state index is 0.156. The van der Waals surface area contributed by atoms with Crippen molar-refractivity contribution in [3.05, 3.63) is 0 Å². The van der Waals surface area contributed by atoms with E-state index in [2.05, 4.69) is 12.1 Å². The Bertz CT molecular complexity index is 437. The second-order valence-electron chi connectivity index (χ2n) is 4.76. The van der Waals surface area contributed by atoms with E-state index < -0.39 is 29.1 Å². The fourth-order valence-corrected chi connectivity index (χ4v) is 3.13. The van der Waals surface area contributed by atoms with Crippen LogP contribution in [0.5, 0.6) is 0 Å². The minimum atomic E-state index is -1.05. The molecule has 0 bridgehead atoms. The molecule has 0 aromatic carbocycles. The molecule has 0 aromatic rings. The molecular weight excluding hydrogens is 204 g/mol. The maximum absolute atomic E-state index is 11.9. The zero-order chi connectivity index (χ0) is 12.1. The number of nitriles is 2. The molecule has 0 radical (unpaired) electrons. The Balaban J connectivity index is 2.49. The lowest BCUT2D eigenvalue weighted by molar-refractivity contribution is -0.160. The Kier molecular flexibility index (Phi) is 2.13. The molecule has 5 atom stereocenters. The summed E-state index contributed by atoms with van der Waals surface area (Å²) in [7, 11) is 0. The van der Waals surface area contributed by atoms with Crippen LogP contribution < -0.4 is 0 Å². The third-order valence-electron chi connectivity index (χ3n) is 4.31. The molecule has 2 saturated carbocycles. The first kappa shape index (κ1) is 10.8. The zero-order valence-corrected chi connectivity index (χ0v) is 9.23. The van der Waals surface area contributed by atoms with Gasteiger partial charge in [-0.1, -0.05) is 6.92 Å².